The molecule has 2 aromatic carbocycles. The van der Waals surface area contributed by atoms with Gasteiger partial charge in [-0.05, 0) is 48.9 Å². The number of rotatable bonds is 7. The molecule has 3 amide bonds. The maximum absolute atomic E-state index is 12.9. The van der Waals surface area contributed by atoms with E-state index in [0.29, 0.717) is 17.1 Å². The number of methoxy groups -OCH3 is 1. The van der Waals surface area contributed by atoms with Gasteiger partial charge in [0.2, 0.25) is 0 Å². The average molecular weight is 449 g/mol. The molecule has 1 saturated heterocycles. The number of nitrogens with one attached hydrogen (secondary N) is 1. The first kappa shape index (κ1) is 20.2. The number of carbonyl (C=O) groups is 2. The Morgan fingerprint density at radius 2 is 1.89 bits per heavy atom. The Bertz CT molecular complexity index is 873. The van der Waals surface area contributed by atoms with Crippen molar-refractivity contribution in [1.29, 1.82) is 0 Å². The molecule has 2 N–H and O–H groups in total. The number of carbonyl (C=O) groups excluding carboxylic acids is 2. The molecule has 0 saturated carbocycles. The van der Waals surface area contributed by atoms with E-state index in [1.807, 2.05) is 12.1 Å². The molecule has 148 valence electrons. The molecule has 0 aromatic heterocycles. The number of hydrogen-bond donors (Lipinski definition) is 2. The molecule has 2 atom stereocenters. The van der Waals surface area contributed by atoms with Crippen LogP contribution in [0.1, 0.15) is 12.5 Å². The minimum absolute atomic E-state index is 0.0471. The summed E-state index contributed by atoms with van der Waals surface area (Å²) in [6.45, 7) is 1.42. The molecule has 1 heterocycles. The number of urea groups is 1. The van der Waals surface area contributed by atoms with Crippen LogP contribution in [0.25, 0.3) is 0 Å². The highest BCUT2D eigenvalue weighted by molar-refractivity contribution is 9.10. The Balaban J connectivity index is 1.66. The molecular formula is C20H21BrN2O5. The molecule has 1 aliphatic rings. The molecule has 0 bridgehead atoms. The maximum Gasteiger partial charge on any atom is 0.325 e. The number of hydrogen-bond acceptors (Lipinski definition) is 5. The third-order valence-electron chi connectivity index (χ3n) is 4.57. The second kappa shape index (κ2) is 8.20. The first-order valence-corrected chi connectivity index (χ1v) is 9.48. The third-order valence-corrected chi connectivity index (χ3v) is 5.10. The van der Waals surface area contributed by atoms with Gasteiger partial charge in [0.05, 0.1) is 13.7 Å². The molecule has 0 aliphatic carbocycles. The highest BCUT2D eigenvalue weighted by Crippen LogP contribution is 2.31. The Morgan fingerprint density at radius 3 is 2.57 bits per heavy atom. The average Bonchev–Trinajstić information content (AvgIpc) is 2.91. The number of benzene rings is 2. The van der Waals surface area contributed by atoms with Crippen molar-refractivity contribution in [3.05, 3.63) is 58.6 Å². The number of aliphatic hydroxyl groups excluding tert-OH is 1. The molecule has 7 nitrogen and oxygen atoms in total. The fraction of sp³-hybridized carbons (Fsp3) is 0.300. The number of nitrogens with zero attached hydrogens (tertiary/aromatic N) is 1. The van der Waals surface area contributed by atoms with Gasteiger partial charge in [0.25, 0.3) is 5.91 Å². The Labute approximate surface area is 171 Å². The van der Waals surface area contributed by atoms with E-state index in [-0.39, 0.29) is 13.2 Å². The van der Waals surface area contributed by atoms with E-state index < -0.39 is 23.6 Å². The van der Waals surface area contributed by atoms with Crippen molar-refractivity contribution in [2.75, 3.05) is 20.3 Å². The SMILES string of the molecule is COc1cccc([C@]2(C)NC(=O)N(C[C@H](O)COc3ccc(Br)cc3)C2=O)c1. The van der Waals surface area contributed by atoms with E-state index in [1.54, 1.807) is 43.3 Å². The molecule has 1 fully saturated rings. The third kappa shape index (κ3) is 4.13. The minimum atomic E-state index is -1.22. The van der Waals surface area contributed by atoms with Crippen LogP contribution in [0.3, 0.4) is 0 Å². The van der Waals surface area contributed by atoms with Crippen molar-refractivity contribution in [3.63, 3.8) is 0 Å². The normalized spacial score (nSPS) is 20.1. The highest BCUT2D eigenvalue weighted by atomic mass is 79.9. The van der Waals surface area contributed by atoms with Gasteiger partial charge in [0.1, 0.15) is 29.7 Å². The van der Waals surface area contributed by atoms with Crippen LogP contribution in [0.2, 0.25) is 0 Å². The van der Waals surface area contributed by atoms with Crippen LogP contribution in [0.15, 0.2) is 53.0 Å². The van der Waals surface area contributed by atoms with E-state index >= 15 is 0 Å². The van der Waals surface area contributed by atoms with E-state index in [9.17, 15) is 14.7 Å². The predicted molar refractivity (Wildman–Crippen MR) is 106 cm³/mol. The number of imide groups is 1. The fourth-order valence-corrected chi connectivity index (χ4v) is 3.24. The molecule has 0 radical (unpaired) electrons. The van der Waals surface area contributed by atoms with Crippen molar-refractivity contribution in [3.8, 4) is 11.5 Å². The quantitative estimate of drug-likeness (QED) is 0.635. The monoisotopic (exact) mass is 448 g/mol. The lowest BCUT2D eigenvalue weighted by Crippen LogP contribution is -2.42. The standard InChI is InChI=1S/C20H21BrN2O5/c1-20(13-4-3-5-17(10-13)27-2)18(25)23(19(26)22-20)11-15(24)12-28-16-8-6-14(21)7-9-16/h3-10,15,24H,11-12H2,1-2H3,(H,22,26)/t15-,20-/m0/s1. The molecule has 1 aliphatic heterocycles. The number of aliphatic hydroxyl groups is 1. The lowest BCUT2D eigenvalue weighted by Gasteiger charge is -2.23. The van der Waals surface area contributed by atoms with Gasteiger partial charge in [-0.2, -0.15) is 0 Å². The van der Waals surface area contributed by atoms with Gasteiger partial charge < -0.3 is 19.9 Å². The molecule has 8 heteroatoms. The predicted octanol–water partition coefficient (Wildman–Crippen LogP) is 2.66. The van der Waals surface area contributed by atoms with Crippen LogP contribution in [0, 0.1) is 0 Å². The summed E-state index contributed by atoms with van der Waals surface area (Å²) in [5.74, 6) is 0.733. The van der Waals surface area contributed by atoms with Gasteiger partial charge in [-0.15, -0.1) is 0 Å². The van der Waals surface area contributed by atoms with Crippen molar-refractivity contribution in [2.45, 2.75) is 18.6 Å². The van der Waals surface area contributed by atoms with Crippen LogP contribution in [-0.2, 0) is 10.3 Å². The first-order valence-electron chi connectivity index (χ1n) is 8.68. The van der Waals surface area contributed by atoms with E-state index in [1.165, 1.54) is 7.11 Å². The first-order chi connectivity index (χ1) is 13.3. The van der Waals surface area contributed by atoms with Crippen molar-refractivity contribution < 1.29 is 24.2 Å². The van der Waals surface area contributed by atoms with Gasteiger partial charge in [0.15, 0.2) is 0 Å². The second-order valence-electron chi connectivity index (χ2n) is 6.62. The van der Waals surface area contributed by atoms with Crippen LogP contribution in [0.5, 0.6) is 11.5 Å². The minimum Gasteiger partial charge on any atom is -0.497 e. The molecule has 0 unspecified atom stereocenters. The van der Waals surface area contributed by atoms with Crippen molar-refractivity contribution in [2.24, 2.45) is 0 Å². The lowest BCUT2D eigenvalue weighted by atomic mass is 9.92. The van der Waals surface area contributed by atoms with Crippen LogP contribution in [-0.4, -0.2) is 48.3 Å². The summed E-state index contributed by atoms with van der Waals surface area (Å²) in [5, 5.41) is 13.0. The smallest absolute Gasteiger partial charge is 0.325 e. The van der Waals surface area contributed by atoms with Gasteiger partial charge >= 0.3 is 6.03 Å². The number of ether oxygens (including phenoxy) is 2. The summed E-state index contributed by atoms with van der Waals surface area (Å²) in [6.07, 6.45) is -1.02. The lowest BCUT2D eigenvalue weighted by molar-refractivity contribution is -0.132. The van der Waals surface area contributed by atoms with E-state index in [0.717, 1.165) is 9.37 Å². The summed E-state index contributed by atoms with van der Waals surface area (Å²) in [7, 11) is 1.53. The van der Waals surface area contributed by atoms with Crippen molar-refractivity contribution >= 4 is 27.9 Å². The molecule has 2 aromatic rings. The summed E-state index contributed by atoms with van der Waals surface area (Å²) in [6, 6.07) is 13.5. The number of amides is 3. The largest absolute Gasteiger partial charge is 0.497 e. The van der Waals surface area contributed by atoms with E-state index in [2.05, 4.69) is 21.2 Å². The zero-order valence-corrected chi connectivity index (χ0v) is 17.1. The van der Waals surface area contributed by atoms with Gasteiger partial charge in [-0.1, -0.05) is 28.1 Å². The van der Waals surface area contributed by atoms with Crippen molar-refractivity contribution in [1.82, 2.24) is 10.2 Å². The summed E-state index contributed by atoms with van der Waals surface area (Å²) in [5.41, 5.74) is -0.619. The molecule has 28 heavy (non-hydrogen) atoms. The Kier molecular flexibility index (Phi) is 5.90. The Hall–Kier alpha value is -2.58. The van der Waals surface area contributed by atoms with Gasteiger partial charge in [-0.3, -0.25) is 9.69 Å². The van der Waals surface area contributed by atoms with Gasteiger partial charge in [0, 0.05) is 4.47 Å². The van der Waals surface area contributed by atoms with Crippen LogP contribution >= 0.6 is 15.9 Å². The maximum atomic E-state index is 12.9. The van der Waals surface area contributed by atoms with Crippen LogP contribution < -0.4 is 14.8 Å². The molecule has 0 spiro atoms. The van der Waals surface area contributed by atoms with E-state index in [4.69, 9.17) is 9.47 Å². The summed E-state index contributed by atoms with van der Waals surface area (Å²) in [4.78, 5) is 26.3. The zero-order chi connectivity index (χ0) is 20.3. The molecule has 3 rings (SSSR count). The fourth-order valence-electron chi connectivity index (χ4n) is 2.98. The topological polar surface area (TPSA) is 88.1 Å². The second-order valence-corrected chi connectivity index (χ2v) is 7.54. The number of halogens is 1. The molecular weight excluding hydrogens is 428 g/mol. The summed E-state index contributed by atoms with van der Waals surface area (Å²) < 4.78 is 11.6. The van der Waals surface area contributed by atoms with Crippen LogP contribution in [0.4, 0.5) is 4.79 Å². The summed E-state index contributed by atoms with van der Waals surface area (Å²) >= 11 is 3.33. The zero-order valence-electron chi connectivity index (χ0n) is 15.5. The van der Waals surface area contributed by atoms with Gasteiger partial charge in [-0.25, -0.2) is 4.79 Å². The number of β-amino-alcohol motifs (C(OH)–C–C–N with tert-alkyl or cyclic N) is 1. The highest BCUT2D eigenvalue weighted by Gasteiger charge is 2.49. The Morgan fingerprint density at radius 1 is 1.18 bits per heavy atom.